The molecule has 2 amide bonds. The van der Waals surface area contributed by atoms with Gasteiger partial charge in [0, 0.05) is 45.8 Å². The van der Waals surface area contributed by atoms with E-state index >= 15 is 0 Å². The predicted molar refractivity (Wildman–Crippen MR) is 98.5 cm³/mol. The molecule has 0 aromatic heterocycles. The first-order chi connectivity index (χ1) is 11.6. The molecule has 3 aliphatic heterocycles. The zero-order chi connectivity index (χ0) is 16.9. The van der Waals surface area contributed by atoms with Crippen LogP contribution in [0.5, 0.6) is 0 Å². The van der Waals surface area contributed by atoms with Crippen LogP contribution in [0, 0.1) is 11.8 Å². The first-order valence-corrected chi connectivity index (χ1v) is 9.55. The molecule has 0 saturated carbocycles. The first-order valence-electron chi connectivity index (χ1n) is 9.55. The molecule has 3 rings (SSSR count). The number of nitrogens with zero attached hydrogens (tertiary/aromatic N) is 2. The van der Waals surface area contributed by atoms with Crippen molar-refractivity contribution in [2.75, 3.05) is 39.4 Å². The quantitative estimate of drug-likeness (QED) is 0.808. The summed E-state index contributed by atoms with van der Waals surface area (Å²) in [4.78, 5) is 28.5. The molecule has 0 aliphatic carbocycles. The van der Waals surface area contributed by atoms with Crippen molar-refractivity contribution in [3.05, 3.63) is 0 Å². The van der Waals surface area contributed by atoms with E-state index in [1.54, 1.807) is 0 Å². The van der Waals surface area contributed by atoms with Gasteiger partial charge in [-0.15, -0.1) is 12.4 Å². The second-order valence-electron chi connectivity index (χ2n) is 7.54. The van der Waals surface area contributed by atoms with E-state index in [2.05, 4.69) is 0 Å². The molecule has 0 aromatic rings. The standard InChI is InChI=1S/C18H31N3O3.ClH/c19-17(15-6-11-24-12-7-15)18(23)20-9-4-14(5-10-20)13-21-8-2-1-3-16(21)22;/h14-15,17H,1-13,19H2;1H. The van der Waals surface area contributed by atoms with Crippen molar-refractivity contribution in [3.63, 3.8) is 0 Å². The van der Waals surface area contributed by atoms with Crippen LogP contribution in [0.15, 0.2) is 0 Å². The molecule has 3 aliphatic rings. The zero-order valence-corrected chi connectivity index (χ0v) is 15.8. The Kier molecular flexibility index (Phi) is 7.97. The molecule has 1 atom stereocenters. The summed E-state index contributed by atoms with van der Waals surface area (Å²) >= 11 is 0. The lowest BCUT2D eigenvalue weighted by molar-refractivity contribution is -0.138. The Morgan fingerprint density at radius 3 is 2.44 bits per heavy atom. The van der Waals surface area contributed by atoms with E-state index < -0.39 is 0 Å². The number of hydrogen-bond donors (Lipinski definition) is 1. The molecule has 0 bridgehead atoms. The number of carbonyl (C=O) groups is 2. The molecule has 0 spiro atoms. The molecular formula is C18H32ClN3O3. The zero-order valence-electron chi connectivity index (χ0n) is 15.0. The Morgan fingerprint density at radius 1 is 1.12 bits per heavy atom. The van der Waals surface area contributed by atoms with Crippen molar-refractivity contribution >= 4 is 24.2 Å². The van der Waals surface area contributed by atoms with Crippen LogP contribution in [-0.4, -0.2) is 67.0 Å². The van der Waals surface area contributed by atoms with Crippen LogP contribution in [0.1, 0.15) is 44.9 Å². The van der Waals surface area contributed by atoms with E-state index in [-0.39, 0.29) is 30.3 Å². The molecule has 25 heavy (non-hydrogen) atoms. The second-order valence-corrected chi connectivity index (χ2v) is 7.54. The first kappa shape index (κ1) is 20.5. The Bertz CT molecular complexity index is 449. The summed E-state index contributed by atoms with van der Waals surface area (Å²) in [5.74, 6) is 1.20. The van der Waals surface area contributed by atoms with Crippen LogP contribution in [0.4, 0.5) is 0 Å². The SMILES string of the molecule is Cl.NC(C(=O)N1CCC(CN2CCCCC2=O)CC1)C1CCOCC1. The summed E-state index contributed by atoms with van der Waals surface area (Å²) < 4.78 is 5.36. The summed E-state index contributed by atoms with van der Waals surface area (Å²) in [7, 11) is 0. The van der Waals surface area contributed by atoms with Gasteiger partial charge in [0.1, 0.15) is 0 Å². The number of piperidine rings is 2. The number of ether oxygens (including phenoxy) is 1. The van der Waals surface area contributed by atoms with Crippen LogP contribution in [0.2, 0.25) is 0 Å². The summed E-state index contributed by atoms with van der Waals surface area (Å²) in [5.41, 5.74) is 6.23. The van der Waals surface area contributed by atoms with Gasteiger partial charge in [0.2, 0.25) is 11.8 Å². The molecule has 2 N–H and O–H groups in total. The average Bonchev–Trinajstić information content (AvgIpc) is 2.64. The molecule has 0 radical (unpaired) electrons. The van der Waals surface area contributed by atoms with Crippen molar-refractivity contribution in [1.82, 2.24) is 9.80 Å². The van der Waals surface area contributed by atoms with Crippen LogP contribution < -0.4 is 5.73 Å². The van der Waals surface area contributed by atoms with Crippen LogP contribution in [0.25, 0.3) is 0 Å². The van der Waals surface area contributed by atoms with Gasteiger partial charge in [0.15, 0.2) is 0 Å². The van der Waals surface area contributed by atoms with Crippen molar-refractivity contribution < 1.29 is 14.3 Å². The molecule has 0 aromatic carbocycles. The van der Waals surface area contributed by atoms with Gasteiger partial charge in [-0.25, -0.2) is 0 Å². The predicted octanol–water partition coefficient (Wildman–Crippen LogP) is 1.41. The maximum atomic E-state index is 12.6. The number of carbonyl (C=O) groups excluding carboxylic acids is 2. The van der Waals surface area contributed by atoms with Gasteiger partial charge < -0.3 is 20.3 Å². The van der Waals surface area contributed by atoms with Gasteiger partial charge in [-0.2, -0.15) is 0 Å². The highest BCUT2D eigenvalue weighted by molar-refractivity contribution is 5.85. The molecular weight excluding hydrogens is 342 g/mol. The Balaban J connectivity index is 0.00000225. The van der Waals surface area contributed by atoms with Gasteiger partial charge >= 0.3 is 0 Å². The lowest BCUT2D eigenvalue weighted by Gasteiger charge is -2.38. The molecule has 7 heteroatoms. The normalized spacial score (nSPS) is 24.8. The Morgan fingerprint density at radius 2 is 1.80 bits per heavy atom. The fourth-order valence-electron chi connectivity index (χ4n) is 4.19. The molecule has 3 heterocycles. The third-order valence-electron chi connectivity index (χ3n) is 5.89. The monoisotopic (exact) mass is 373 g/mol. The highest BCUT2D eigenvalue weighted by Crippen LogP contribution is 2.24. The van der Waals surface area contributed by atoms with E-state index in [1.165, 1.54) is 0 Å². The minimum atomic E-state index is -0.380. The molecule has 3 saturated heterocycles. The summed E-state index contributed by atoms with van der Waals surface area (Å²) in [5, 5.41) is 0. The van der Waals surface area contributed by atoms with Crippen LogP contribution in [0.3, 0.4) is 0 Å². The minimum Gasteiger partial charge on any atom is -0.381 e. The highest BCUT2D eigenvalue weighted by Gasteiger charge is 2.32. The lowest BCUT2D eigenvalue weighted by atomic mass is 9.90. The summed E-state index contributed by atoms with van der Waals surface area (Å²) in [6.07, 6.45) is 6.61. The molecule has 3 fully saturated rings. The van der Waals surface area contributed by atoms with E-state index in [4.69, 9.17) is 10.5 Å². The minimum absolute atomic E-state index is 0. The molecule has 1 unspecified atom stereocenters. The van der Waals surface area contributed by atoms with E-state index in [9.17, 15) is 9.59 Å². The fraction of sp³-hybridized carbons (Fsp3) is 0.889. The van der Waals surface area contributed by atoms with Crippen molar-refractivity contribution in [1.29, 1.82) is 0 Å². The van der Waals surface area contributed by atoms with Gasteiger partial charge in [-0.3, -0.25) is 9.59 Å². The van der Waals surface area contributed by atoms with E-state index in [0.29, 0.717) is 18.2 Å². The summed E-state index contributed by atoms with van der Waals surface area (Å²) in [6, 6.07) is -0.380. The maximum absolute atomic E-state index is 12.6. The topological polar surface area (TPSA) is 75.9 Å². The Labute approximate surface area is 156 Å². The number of hydrogen-bond acceptors (Lipinski definition) is 4. The number of nitrogens with two attached hydrogens (primary N) is 1. The van der Waals surface area contributed by atoms with Crippen molar-refractivity contribution in [3.8, 4) is 0 Å². The molecule has 144 valence electrons. The average molecular weight is 374 g/mol. The van der Waals surface area contributed by atoms with Crippen LogP contribution in [-0.2, 0) is 14.3 Å². The third kappa shape index (κ3) is 5.31. The van der Waals surface area contributed by atoms with Crippen molar-refractivity contribution in [2.45, 2.75) is 51.0 Å². The van der Waals surface area contributed by atoms with Crippen LogP contribution >= 0.6 is 12.4 Å². The lowest BCUT2D eigenvalue weighted by Crippen LogP contribution is -2.52. The number of rotatable bonds is 4. The number of amides is 2. The van der Waals surface area contributed by atoms with E-state index in [0.717, 1.165) is 77.9 Å². The smallest absolute Gasteiger partial charge is 0.239 e. The number of likely N-dealkylation sites (tertiary alicyclic amines) is 2. The molecule has 6 nitrogen and oxygen atoms in total. The maximum Gasteiger partial charge on any atom is 0.239 e. The summed E-state index contributed by atoms with van der Waals surface area (Å²) in [6.45, 7) is 4.78. The van der Waals surface area contributed by atoms with E-state index in [1.807, 2.05) is 9.80 Å². The fourth-order valence-corrected chi connectivity index (χ4v) is 4.19. The highest BCUT2D eigenvalue weighted by atomic mass is 35.5. The number of halogens is 1. The van der Waals surface area contributed by atoms with Gasteiger partial charge in [-0.1, -0.05) is 0 Å². The van der Waals surface area contributed by atoms with Gasteiger partial charge in [0.05, 0.1) is 6.04 Å². The van der Waals surface area contributed by atoms with Gasteiger partial charge in [-0.05, 0) is 50.4 Å². The Hall–Kier alpha value is -0.850. The largest absolute Gasteiger partial charge is 0.381 e. The van der Waals surface area contributed by atoms with Gasteiger partial charge in [0.25, 0.3) is 0 Å². The third-order valence-corrected chi connectivity index (χ3v) is 5.89. The second kappa shape index (κ2) is 9.74. The van der Waals surface area contributed by atoms with Crippen molar-refractivity contribution in [2.24, 2.45) is 17.6 Å².